The average molecular weight is 230 g/mol. The molecule has 15 heavy (non-hydrogen) atoms. The monoisotopic (exact) mass is 230 g/mol. The van der Waals surface area contributed by atoms with Gasteiger partial charge in [-0.3, -0.25) is 10.1 Å². The molecule has 1 amide bonds. The molecule has 1 atom stereocenters. The number of nitrogens with one attached hydrogen (secondary N) is 1. The van der Waals surface area contributed by atoms with E-state index < -0.39 is 5.60 Å². The lowest BCUT2D eigenvalue weighted by atomic mass is 9.93. The first-order valence-corrected chi connectivity index (χ1v) is 6.56. The minimum absolute atomic E-state index is 0.00181. The molecule has 0 spiro atoms. The highest BCUT2D eigenvalue weighted by Gasteiger charge is 2.33. The normalized spacial score (nSPS) is 30.5. The van der Waals surface area contributed by atoms with Crippen molar-refractivity contribution < 1.29 is 9.90 Å². The van der Waals surface area contributed by atoms with Gasteiger partial charge in [0.05, 0.1) is 11.6 Å². The van der Waals surface area contributed by atoms with Crippen molar-refractivity contribution >= 4 is 17.7 Å². The van der Waals surface area contributed by atoms with Crippen molar-refractivity contribution in [3.63, 3.8) is 0 Å². The first kappa shape index (κ1) is 11.2. The number of hydrogen-bond acceptors (Lipinski definition) is 4. The molecule has 0 bridgehead atoms. The maximum absolute atomic E-state index is 12.0. The van der Waals surface area contributed by atoms with E-state index in [4.69, 9.17) is 0 Å². The average Bonchev–Trinajstić information content (AvgIpc) is 2.69. The number of rotatable bonds is 1. The number of thioether (sulfide) groups is 1. The largest absolute Gasteiger partial charge is 0.390 e. The van der Waals surface area contributed by atoms with Crippen LogP contribution >= 0.6 is 11.8 Å². The molecule has 0 saturated carbocycles. The second-order valence-corrected chi connectivity index (χ2v) is 5.62. The lowest BCUT2D eigenvalue weighted by molar-refractivity contribution is -0.136. The number of likely N-dealkylation sites (tertiary alicyclic amines) is 1. The third-order valence-corrected chi connectivity index (χ3v) is 4.11. The molecule has 0 aliphatic carbocycles. The fraction of sp³-hybridized carbons (Fsp3) is 0.900. The van der Waals surface area contributed by atoms with Crippen molar-refractivity contribution in [3.8, 4) is 0 Å². The molecule has 2 N–H and O–H groups in total. The molecule has 4 nitrogen and oxygen atoms in total. The third kappa shape index (κ3) is 2.65. The Morgan fingerprint density at radius 1 is 1.53 bits per heavy atom. The third-order valence-electron chi connectivity index (χ3n) is 3.17. The van der Waals surface area contributed by atoms with Gasteiger partial charge in [0.1, 0.15) is 0 Å². The van der Waals surface area contributed by atoms with E-state index in [1.165, 1.54) is 0 Å². The van der Waals surface area contributed by atoms with Crippen LogP contribution in [0.4, 0.5) is 0 Å². The molecular formula is C10H18N2O2S. The first-order chi connectivity index (χ1) is 7.08. The van der Waals surface area contributed by atoms with E-state index in [1.807, 2.05) is 11.8 Å². The summed E-state index contributed by atoms with van der Waals surface area (Å²) in [6, 6.07) is -0.00181. The summed E-state index contributed by atoms with van der Waals surface area (Å²) in [6.45, 7) is 3.22. The van der Waals surface area contributed by atoms with Crippen molar-refractivity contribution in [2.75, 3.05) is 24.7 Å². The minimum Gasteiger partial charge on any atom is -0.390 e. The van der Waals surface area contributed by atoms with Gasteiger partial charge in [0.2, 0.25) is 5.91 Å². The maximum atomic E-state index is 12.0. The van der Waals surface area contributed by atoms with E-state index in [9.17, 15) is 9.90 Å². The van der Waals surface area contributed by atoms with Gasteiger partial charge in [-0.2, -0.15) is 0 Å². The molecule has 2 rings (SSSR count). The molecule has 2 fully saturated rings. The molecule has 2 aliphatic heterocycles. The fourth-order valence-corrected chi connectivity index (χ4v) is 2.92. The van der Waals surface area contributed by atoms with Crippen LogP contribution in [0.2, 0.25) is 0 Å². The van der Waals surface area contributed by atoms with Crippen LogP contribution < -0.4 is 5.32 Å². The molecular weight excluding hydrogens is 212 g/mol. The van der Waals surface area contributed by atoms with E-state index in [2.05, 4.69) is 5.32 Å². The standard InChI is InChI=1S/C10H18N2O2S/c1-10(14)2-4-12(5-3-10)9(13)8-6-15-7-11-8/h8,11,14H,2-7H2,1H3. The Hall–Kier alpha value is -0.260. The van der Waals surface area contributed by atoms with Gasteiger partial charge in [0.25, 0.3) is 0 Å². The molecule has 2 saturated heterocycles. The van der Waals surface area contributed by atoms with Crippen molar-refractivity contribution in [1.29, 1.82) is 0 Å². The zero-order valence-corrected chi connectivity index (χ0v) is 9.85. The fourth-order valence-electron chi connectivity index (χ4n) is 1.98. The van der Waals surface area contributed by atoms with E-state index in [1.54, 1.807) is 11.8 Å². The number of hydrogen-bond donors (Lipinski definition) is 2. The molecule has 86 valence electrons. The summed E-state index contributed by atoms with van der Waals surface area (Å²) in [4.78, 5) is 13.9. The minimum atomic E-state index is -0.575. The molecule has 2 heterocycles. The van der Waals surface area contributed by atoms with Crippen molar-refractivity contribution in [2.45, 2.75) is 31.4 Å². The second-order valence-electron chi connectivity index (χ2n) is 4.59. The van der Waals surface area contributed by atoms with Gasteiger partial charge in [-0.1, -0.05) is 0 Å². The smallest absolute Gasteiger partial charge is 0.240 e. The lowest BCUT2D eigenvalue weighted by Crippen LogP contribution is -2.51. The number of carbonyl (C=O) groups excluding carboxylic acids is 1. The van der Waals surface area contributed by atoms with Crippen molar-refractivity contribution in [2.24, 2.45) is 0 Å². The van der Waals surface area contributed by atoms with Gasteiger partial charge in [-0.25, -0.2) is 0 Å². The van der Waals surface area contributed by atoms with Crippen molar-refractivity contribution in [3.05, 3.63) is 0 Å². The zero-order chi connectivity index (χ0) is 10.9. The summed E-state index contributed by atoms with van der Waals surface area (Å²) < 4.78 is 0. The van der Waals surface area contributed by atoms with E-state index in [0.29, 0.717) is 25.9 Å². The van der Waals surface area contributed by atoms with E-state index in [-0.39, 0.29) is 11.9 Å². The van der Waals surface area contributed by atoms with Crippen LogP contribution in [-0.4, -0.2) is 52.3 Å². The Morgan fingerprint density at radius 3 is 2.73 bits per heavy atom. The van der Waals surface area contributed by atoms with Crippen LogP contribution in [0.1, 0.15) is 19.8 Å². The van der Waals surface area contributed by atoms with Crippen LogP contribution in [0, 0.1) is 0 Å². The first-order valence-electron chi connectivity index (χ1n) is 5.41. The lowest BCUT2D eigenvalue weighted by Gasteiger charge is -2.36. The Balaban J connectivity index is 1.87. The molecule has 0 aromatic carbocycles. The van der Waals surface area contributed by atoms with Crippen molar-refractivity contribution in [1.82, 2.24) is 10.2 Å². The summed E-state index contributed by atoms with van der Waals surface area (Å²) >= 11 is 1.77. The molecule has 0 aromatic rings. The van der Waals surface area contributed by atoms with Gasteiger partial charge < -0.3 is 10.0 Å². The highest BCUT2D eigenvalue weighted by atomic mass is 32.2. The number of aliphatic hydroxyl groups is 1. The Morgan fingerprint density at radius 2 is 2.20 bits per heavy atom. The van der Waals surface area contributed by atoms with Crippen LogP contribution in [0.3, 0.4) is 0 Å². The molecule has 5 heteroatoms. The van der Waals surface area contributed by atoms with Crippen LogP contribution in [0.15, 0.2) is 0 Å². The number of carbonyl (C=O) groups is 1. The number of nitrogens with zero attached hydrogens (tertiary/aromatic N) is 1. The number of amides is 1. The molecule has 0 aromatic heterocycles. The molecule has 1 unspecified atom stereocenters. The molecule has 0 radical (unpaired) electrons. The summed E-state index contributed by atoms with van der Waals surface area (Å²) in [6.07, 6.45) is 1.39. The summed E-state index contributed by atoms with van der Waals surface area (Å²) in [7, 11) is 0. The Labute approximate surface area is 94.4 Å². The van der Waals surface area contributed by atoms with Crippen LogP contribution in [0.5, 0.6) is 0 Å². The van der Waals surface area contributed by atoms with Gasteiger partial charge in [0.15, 0.2) is 0 Å². The Kier molecular flexibility index (Phi) is 3.23. The van der Waals surface area contributed by atoms with Crippen LogP contribution in [0.25, 0.3) is 0 Å². The topological polar surface area (TPSA) is 52.6 Å². The zero-order valence-electron chi connectivity index (χ0n) is 9.03. The summed E-state index contributed by atoms with van der Waals surface area (Å²) in [5.74, 6) is 1.96. The van der Waals surface area contributed by atoms with E-state index >= 15 is 0 Å². The second kappa shape index (κ2) is 4.31. The SMILES string of the molecule is CC1(O)CCN(C(=O)C2CSCN2)CC1. The van der Waals surface area contributed by atoms with Gasteiger partial charge in [0, 0.05) is 24.7 Å². The molecule has 2 aliphatic rings. The summed E-state index contributed by atoms with van der Waals surface area (Å²) in [5.41, 5.74) is -0.575. The van der Waals surface area contributed by atoms with Crippen LogP contribution in [-0.2, 0) is 4.79 Å². The van der Waals surface area contributed by atoms with Gasteiger partial charge in [-0.15, -0.1) is 11.8 Å². The highest BCUT2D eigenvalue weighted by Crippen LogP contribution is 2.22. The Bertz CT molecular complexity index is 242. The quantitative estimate of drug-likeness (QED) is 0.667. The predicted molar refractivity (Wildman–Crippen MR) is 60.7 cm³/mol. The maximum Gasteiger partial charge on any atom is 0.240 e. The predicted octanol–water partition coefficient (Wildman–Crippen LogP) is 0.0223. The summed E-state index contributed by atoms with van der Waals surface area (Å²) in [5, 5.41) is 13.0. The highest BCUT2D eigenvalue weighted by molar-refractivity contribution is 7.99. The van der Waals surface area contributed by atoms with Gasteiger partial charge >= 0.3 is 0 Å². The van der Waals surface area contributed by atoms with Gasteiger partial charge in [-0.05, 0) is 19.8 Å². The number of piperidine rings is 1. The van der Waals surface area contributed by atoms with E-state index in [0.717, 1.165) is 11.6 Å².